The summed E-state index contributed by atoms with van der Waals surface area (Å²) in [5.74, 6) is 3.50. The quantitative estimate of drug-likeness (QED) is 0.842. The fourth-order valence-corrected chi connectivity index (χ4v) is 3.38. The van der Waals surface area contributed by atoms with Crippen LogP contribution in [0.2, 0.25) is 0 Å². The van der Waals surface area contributed by atoms with E-state index < -0.39 is 0 Å². The van der Waals surface area contributed by atoms with E-state index >= 15 is 0 Å². The standard InChI is InChI=1S/C13H18BrNOS/c14-11-3-1-5-13(9-11)16-7-6-15-12-4-2-8-17-10-12/h1,3,5,9,12,15H,2,4,6-8,10H2. The number of ether oxygens (including phenoxy) is 1. The number of hydrogen-bond donors (Lipinski definition) is 1. The molecule has 0 aliphatic carbocycles. The summed E-state index contributed by atoms with van der Waals surface area (Å²) < 4.78 is 6.74. The van der Waals surface area contributed by atoms with E-state index in [-0.39, 0.29) is 0 Å². The van der Waals surface area contributed by atoms with Gasteiger partial charge in [-0.3, -0.25) is 0 Å². The molecule has 1 saturated heterocycles. The van der Waals surface area contributed by atoms with Gasteiger partial charge in [0.05, 0.1) is 0 Å². The maximum absolute atomic E-state index is 5.68. The van der Waals surface area contributed by atoms with E-state index in [4.69, 9.17) is 4.74 Å². The summed E-state index contributed by atoms with van der Waals surface area (Å²) in [5, 5.41) is 3.55. The zero-order chi connectivity index (χ0) is 11.9. The SMILES string of the molecule is Brc1cccc(OCCNC2CCCSC2)c1. The van der Waals surface area contributed by atoms with Gasteiger partial charge < -0.3 is 10.1 Å². The minimum atomic E-state index is 0.680. The van der Waals surface area contributed by atoms with Crippen molar-refractivity contribution >= 4 is 27.7 Å². The highest BCUT2D eigenvalue weighted by Crippen LogP contribution is 2.18. The molecule has 0 amide bonds. The van der Waals surface area contributed by atoms with Crippen molar-refractivity contribution in [3.05, 3.63) is 28.7 Å². The van der Waals surface area contributed by atoms with Crippen molar-refractivity contribution in [2.75, 3.05) is 24.7 Å². The fourth-order valence-electron chi connectivity index (χ4n) is 1.89. The molecule has 1 aromatic rings. The molecular formula is C13H18BrNOS. The topological polar surface area (TPSA) is 21.3 Å². The van der Waals surface area contributed by atoms with Crippen LogP contribution in [0.4, 0.5) is 0 Å². The van der Waals surface area contributed by atoms with Crippen LogP contribution in [0.5, 0.6) is 5.75 Å². The first kappa shape index (κ1) is 13.2. The number of rotatable bonds is 5. The van der Waals surface area contributed by atoms with Gasteiger partial charge in [0, 0.05) is 22.8 Å². The van der Waals surface area contributed by atoms with Gasteiger partial charge in [-0.05, 0) is 36.8 Å². The van der Waals surface area contributed by atoms with Crippen molar-refractivity contribution < 1.29 is 4.74 Å². The maximum atomic E-state index is 5.68. The third kappa shape index (κ3) is 4.90. The van der Waals surface area contributed by atoms with Crippen LogP contribution in [0, 0.1) is 0 Å². The summed E-state index contributed by atoms with van der Waals surface area (Å²) in [6, 6.07) is 8.66. The van der Waals surface area contributed by atoms with E-state index in [1.54, 1.807) is 0 Å². The minimum Gasteiger partial charge on any atom is -0.492 e. The van der Waals surface area contributed by atoms with Gasteiger partial charge in [0.1, 0.15) is 12.4 Å². The first-order chi connectivity index (χ1) is 8.34. The average molecular weight is 316 g/mol. The summed E-state index contributed by atoms with van der Waals surface area (Å²) >= 11 is 5.49. The molecule has 1 fully saturated rings. The Labute approximate surface area is 116 Å². The minimum absolute atomic E-state index is 0.680. The largest absolute Gasteiger partial charge is 0.492 e. The number of nitrogens with one attached hydrogen (secondary N) is 1. The number of benzene rings is 1. The van der Waals surface area contributed by atoms with E-state index in [1.807, 2.05) is 36.0 Å². The van der Waals surface area contributed by atoms with Crippen molar-refractivity contribution in [3.63, 3.8) is 0 Å². The van der Waals surface area contributed by atoms with Crippen molar-refractivity contribution in [1.82, 2.24) is 5.32 Å². The summed E-state index contributed by atoms with van der Waals surface area (Å²) in [5.41, 5.74) is 0. The van der Waals surface area contributed by atoms with Crippen LogP contribution >= 0.6 is 27.7 Å². The van der Waals surface area contributed by atoms with E-state index in [0.717, 1.165) is 23.4 Å². The molecule has 0 radical (unpaired) electrons. The smallest absolute Gasteiger partial charge is 0.120 e. The van der Waals surface area contributed by atoms with E-state index in [1.165, 1.54) is 24.3 Å². The fraction of sp³-hybridized carbons (Fsp3) is 0.538. The molecule has 1 aliphatic heterocycles. The predicted molar refractivity (Wildman–Crippen MR) is 78.0 cm³/mol. The summed E-state index contributed by atoms with van der Waals surface area (Å²) in [6.07, 6.45) is 2.65. The highest BCUT2D eigenvalue weighted by molar-refractivity contribution is 9.10. The van der Waals surface area contributed by atoms with E-state index in [9.17, 15) is 0 Å². The molecule has 1 heterocycles. The van der Waals surface area contributed by atoms with Gasteiger partial charge >= 0.3 is 0 Å². The first-order valence-corrected chi connectivity index (χ1v) is 7.99. The third-order valence-electron chi connectivity index (χ3n) is 2.76. The molecule has 0 spiro atoms. The lowest BCUT2D eigenvalue weighted by molar-refractivity contribution is 0.305. The molecule has 1 unspecified atom stereocenters. The molecule has 2 rings (SSSR count). The Kier molecular flexibility index (Phi) is 5.68. The van der Waals surface area contributed by atoms with Gasteiger partial charge in [-0.2, -0.15) is 11.8 Å². The van der Waals surface area contributed by atoms with Gasteiger partial charge in [0.2, 0.25) is 0 Å². The first-order valence-electron chi connectivity index (χ1n) is 6.04. The van der Waals surface area contributed by atoms with Crippen LogP contribution in [-0.2, 0) is 0 Å². The Morgan fingerprint density at radius 1 is 1.47 bits per heavy atom. The molecule has 1 aliphatic rings. The van der Waals surface area contributed by atoms with Gasteiger partial charge in [-0.1, -0.05) is 22.0 Å². The van der Waals surface area contributed by atoms with Gasteiger partial charge in [-0.25, -0.2) is 0 Å². The molecule has 0 bridgehead atoms. The van der Waals surface area contributed by atoms with Gasteiger partial charge in [-0.15, -0.1) is 0 Å². The van der Waals surface area contributed by atoms with Crippen LogP contribution in [0.3, 0.4) is 0 Å². The molecule has 17 heavy (non-hydrogen) atoms. The molecule has 1 atom stereocenters. The van der Waals surface area contributed by atoms with Crippen LogP contribution in [0.15, 0.2) is 28.7 Å². The number of halogens is 1. The molecule has 2 nitrogen and oxygen atoms in total. The Bertz CT molecular complexity index is 342. The number of hydrogen-bond acceptors (Lipinski definition) is 3. The molecule has 4 heteroatoms. The normalized spacial score (nSPS) is 20.2. The highest BCUT2D eigenvalue weighted by atomic mass is 79.9. The van der Waals surface area contributed by atoms with Crippen molar-refractivity contribution in [2.24, 2.45) is 0 Å². The zero-order valence-corrected chi connectivity index (χ0v) is 12.2. The zero-order valence-electron chi connectivity index (χ0n) is 9.82. The van der Waals surface area contributed by atoms with Crippen LogP contribution < -0.4 is 10.1 Å². The van der Waals surface area contributed by atoms with Gasteiger partial charge in [0.25, 0.3) is 0 Å². The van der Waals surface area contributed by atoms with E-state index in [0.29, 0.717) is 6.04 Å². The van der Waals surface area contributed by atoms with Crippen molar-refractivity contribution in [3.8, 4) is 5.75 Å². The lowest BCUT2D eigenvalue weighted by atomic mass is 10.2. The molecular weight excluding hydrogens is 298 g/mol. The Morgan fingerprint density at radius 2 is 2.41 bits per heavy atom. The Hall–Kier alpha value is -0.190. The van der Waals surface area contributed by atoms with E-state index in [2.05, 4.69) is 21.2 Å². The Balaban J connectivity index is 1.62. The second-order valence-electron chi connectivity index (χ2n) is 4.17. The summed E-state index contributed by atoms with van der Waals surface area (Å²) in [7, 11) is 0. The average Bonchev–Trinajstić information content (AvgIpc) is 2.36. The van der Waals surface area contributed by atoms with Crippen LogP contribution in [0.25, 0.3) is 0 Å². The van der Waals surface area contributed by atoms with Crippen LogP contribution in [0.1, 0.15) is 12.8 Å². The van der Waals surface area contributed by atoms with Gasteiger partial charge in [0.15, 0.2) is 0 Å². The Morgan fingerprint density at radius 3 is 3.18 bits per heavy atom. The lowest BCUT2D eigenvalue weighted by Crippen LogP contribution is -2.36. The number of thioether (sulfide) groups is 1. The molecule has 0 aromatic heterocycles. The lowest BCUT2D eigenvalue weighted by Gasteiger charge is -2.22. The van der Waals surface area contributed by atoms with Crippen LogP contribution in [-0.4, -0.2) is 30.7 Å². The molecule has 94 valence electrons. The van der Waals surface area contributed by atoms with Crippen molar-refractivity contribution in [1.29, 1.82) is 0 Å². The molecule has 1 N–H and O–H groups in total. The van der Waals surface area contributed by atoms with Crippen molar-refractivity contribution in [2.45, 2.75) is 18.9 Å². The molecule has 1 aromatic carbocycles. The maximum Gasteiger partial charge on any atom is 0.120 e. The molecule has 0 saturated carbocycles. The predicted octanol–water partition coefficient (Wildman–Crippen LogP) is 3.31. The summed E-state index contributed by atoms with van der Waals surface area (Å²) in [4.78, 5) is 0. The second kappa shape index (κ2) is 7.29. The third-order valence-corrected chi connectivity index (χ3v) is 4.47. The summed E-state index contributed by atoms with van der Waals surface area (Å²) in [6.45, 7) is 1.66. The second-order valence-corrected chi connectivity index (χ2v) is 6.24. The highest BCUT2D eigenvalue weighted by Gasteiger charge is 2.12. The monoisotopic (exact) mass is 315 g/mol.